The van der Waals surface area contributed by atoms with Gasteiger partial charge >= 0.3 is 0 Å². The van der Waals surface area contributed by atoms with E-state index in [2.05, 4.69) is 0 Å². The molecule has 0 radical (unpaired) electrons. The van der Waals surface area contributed by atoms with E-state index < -0.39 is 5.41 Å². The molecule has 3 rings (SSSR count). The number of carbonyl (C=O) groups is 1. The molecule has 0 unspecified atom stereocenters. The van der Waals surface area contributed by atoms with Gasteiger partial charge < -0.3 is 10.0 Å². The molecular weight excluding hydrogens is 262 g/mol. The molecule has 1 aliphatic heterocycles. The van der Waals surface area contributed by atoms with Gasteiger partial charge in [-0.1, -0.05) is 31.4 Å². The Morgan fingerprint density at radius 1 is 1.33 bits per heavy atom. The van der Waals surface area contributed by atoms with Gasteiger partial charge in [-0.15, -0.1) is 0 Å². The van der Waals surface area contributed by atoms with E-state index in [9.17, 15) is 9.90 Å². The number of aromatic hydroxyl groups is 1. The molecule has 0 aromatic heterocycles. The fourth-order valence-corrected chi connectivity index (χ4v) is 3.65. The van der Waals surface area contributed by atoms with Crippen LogP contribution in [-0.2, 0) is 10.2 Å². The first kappa shape index (κ1) is 14.4. The SMILES string of the molecule is CN1CCCC[C@](CCC2CC2)(c2cccc(O)c2)C1=O. The lowest BCUT2D eigenvalue weighted by Crippen LogP contribution is -2.44. The third-order valence-electron chi connectivity index (χ3n) is 5.18. The van der Waals surface area contributed by atoms with Gasteiger partial charge in [0.15, 0.2) is 0 Å². The van der Waals surface area contributed by atoms with Gasteiger partial charge in [0, 0.05) is 13.6 Å². The molecule has 1 saturated heterocycles. The van der Waals surface area contributed by atoms with Crippen LogP contribution in [0.25, 0.3) is 0 Å². The number of nitrogens with zero attached hydrogens (tertiary/aromatic N) is 1. The van der Waals surface area contributed by atoms with Crippen molar-refractivity contribution < 1.29 is 9.90 Å². The summed E-state index contributed by atoms with van der Waals surface area (Å²) >= 11 is 0. The number of hydrogen-bond donors (Lipinski definition) is 1. The summed E-state index contributed by atoms with van der Waals surface area (Å²) in [7, 11) is 1.92. The molecule has 1 aromatic carbocycles. The number of likely N-dealkylation sites (N-methyl/N-ethyl adjacent to an activating group) is 1. The Bertz CT molecular complexity index is 524. The Hall–Kier alpha value is -1.51. The van der Waals surface area contributed by atoms with Crippen LogP contribution in [0.2, 0.25) is 0 Å². The van der Waals surface area contributed by atoms with Crippen molar-refractivity contribution in [2.24, 2.45) is 5.92 Å². The Labute approximate surface area is 127 Å². The monoisotopic (exact) mass is 287 g/mol. The number of rotatable bonds is 4. The van der Waals surface area contributed by atoms with Gasteiger partial charge in [0.05, 0.1) is 5.41 Å². The predicted molar refractivity (Wildman–Crippen MR) is 83.2 cm³/mol. The zero-order valence-corrected chi connectivity index (χ0v) is 12.8. The first-order valence-corrected chi connectivity index (χ1v) is 8.17. The standard InChI is InChI=1S/C18H25NO2/c1-19-12-3-2-10-18(17(19)21,11-9-14-7-8-14)15-5-4-6-16(20)13-15/h4-6,13-14,20H,2-3,7-12H2,1H3/t18-/m0/s1. The van der Waals surface area contributed by atoms with Crippen molar-refractivity contribution in [3.05, 3.63) is 29.8 Å². The molecule has 1 atom stereocenters. The van der Waals surface area contributed by atoms with E-state index in [4.69, 9.17) is 0 Å². The maximum atomic E-state index is 13.1. The number of phenolic OH excluding ortho intramolecular Hbond substituents is 1. The zero-order chi connectivity index (χ0) is 14.9. The summed E-state index contributed by atoms with van der Waals surface area (Å²) in [5.74, 6) is 1.32. The van der Waals surface area contributed by atoms with Crippen molar-refractivity contribution in [3.63, 3.8) is 0 Å². The topological polar surface area (TPSA) is 40.5 Å². The van der Waals surface area contributed by atoms with Gasteiger partial charge in [0.25, 0.3) is 0 Å². The van der Waals surface area contributed by atoms with E-state index in [1.54, 1.807) is 12.1 Å². The number of amides is 1. The first-order valence-electron chi connectivity index (χ1n) is 8.17. The second-order valence-corrected chi connectivity index (χ2v) is 6.80. The summed E-state index contributed by atoms with van der Waals surface area (Å²) < 4.78 is 0. The summed E-state index contributed by atoms with van der Waals surface area (Å²) in [6, 6.07) is 7.36. The van der Waals surface area contributed by atoms with E-state index in [1.165, 1.54) is 12.8 Å². The summed E-state index contributed by atoms with van der Waals surface area (Å²) in [5.41, 5.74) is 0.578. The van der Waals surface area contributed by atoms with Crippen LogP contribution in [0.4, 0.5) is 0 Å². The Kier molecular flexibility index (Phi) is 3.92. The van der Waals surface area contributed by atoms with Gasteiger partial charge in [0.2, 0.25) is 5.91 Å². The third-order valence-corrected chi connectivity index (χ3v) is 5.18. The van der Waals surface area contributed by atoms with Crippen LogP contribution in [-0.4, -0.2) is 29.5 Å². The molecule has 1 aliphatic carbocycles. The molecule has 0 spiro atoms. The maximum Gasteiger partial charge on any atom is 0.232 e. The van der Waals surface area contributed by atoms with E-state index in [1.807, 2.05) is 24.1 Å². The van der Waals surface area contributed by atoms with Crippen molar-refractivity contribution >= 4 is 5.91 Å². The highest BCUT2D eigenvalue weighted by molar-refractivity contribution is 5.88. The predicted octanol–water partition coefficient (Wildman–Crippen LogP) is 3.46. The minimum atomic E-state index is -0.424. The van der Waals surface area contributed by atoms with E-state index in [-0.39, 0.29) is 11.7 Å². The maximum absolute atomic E-state index is 13.1. The molecule has 1 saturated carbocycles. The molecular formula is C18H25NO2. The first-order chi connectivity index (χ1) is 10.1. The van der Waals surface area contributed by atoms with Crippen molar-refractivity contribution in [2.75, 3.05) is 13.6 Å². The van der Waals surface area contributed by atoms with E-state index in [0.717, 1.165) is 50.1 Å². The van der Waals surface area contributed by atoms with Gasteiger partial charge in [-0.25, -0.2) is 0 Å². The minimum absolute atomic E-state index is 0.242. The van der Waals surface area contributed by atoms with Gasteiger partial charge in [-0.05, 0) is 49.3 Å². The summed E-state index contributed by atoms with van der Waals surface area (Å²) in [6.45, 7) is 0.850. The molecule has 0 bridgehead atoms. The highest BCUT2D eigenvalue weighted by atomic mass is 16.3. The van der Waals surface area contributed by atoms with Crippen LogP contribution >= 0.6 is 0 Å². The van der Waals surface area contributed by atoms with Crippen LogP contribution in [0.1, 0.15) is 50.5 Å². The molecule has 1 aromatic rings. The third kappa shape index (κ3) is 2.92. The lowest BCUT2D eigenvalue weighted by atomic mass is 9.72. The second kappa shape index (κ2) is 5.70. The Balaban J connectivity index is 1.97. The minimum Gasteiger partial charge on any atom is -0.508 e. The quantitative estimate of drug-likeness (QED) is 0.921. The fraction of sp³-hybridized carbons (Fsp3) is 0.611. The van der Waals surface area contributed by atoms with Crippen LogP contribution in [0.3, 0.4) is 0 Å². The zero-order valence-electron chi connectivity index (χ0n) is 12.8. The smallest absolute Gasteiger partial charge is 0.232 e. The Morgan fingerprint density at radius 2 is 2.14 bits per heavy atom. The van der Waals surface area contributed by atoms with Gasteiger partial charge in [0.1, 0.15) is 5.75 Å². The molecule has 1 heterocycles. The molecule has 2 aliphatic rings. The van der Waals surface area contributed by atoms with E-state index >= 15 is 0 Å². The number of phenols is 1. The average molecular weight is 287 g/mol. The van der Waals surface area contributed by atoms with Crippen molar-refractivity contribution in [1.82, 2.24) is 4.90 Å². The summed E-state index contributed by atoms with van der Waals surface area (Å²) in [6.07, 6.45) is 7.76. The molecule has 3 nitrogen and oxygen atoms in total. The highest BCUT2D eigenvalue weighted by Gasteiger charge is 2.43. The second-order valence-electron chi connectivity index (χ2n) is 6.80. The van der Waals surface area contributed by atoms with Crippen LogP contribution in [0, 0.1) is 5.92 Å². The van der Waals surface area contributed by atoms with Crippen molar-refractivity contribution in [3.8, 4) is 5.75 Å². The van der Waals surface area contributed by atoms with Crippen LogP contribution < -0.4 is 0 Å². The highest BCUT2D eigenvalue weighted by Crippen LogP contribution is 2.43. The lowest BCUT2D eigenvalue weighted by Gasteiger charge is -2.34. The van der Waals surface area contributed by atoms with Crippen LogP contribution in [0.15, 0.2) is 24.3 Å². The lowest BCUT2D eigenvalue weighted by molar-refractivity contribution is -0.136. The summed E-state index contributed by atoms with van der Waals surface area (Å²) in [5, 5.41) is 9.85. The molecule has 3 heteroatoms. The number of likely N-dealkylation sites (tertiary alicyclic amines) is 1. The summed E-state index contributed by atoms with van der Waals surface area (Å²) in [4.78, 5) is 14.9. The molecule has 1 N–H and O–H groups in total. The molecule has 114 valence electrons. The molecule has 1 amide bonds. The number of hydrogen-bond acceptors (Lipinski definition) is 2. The average Bonchev–Trinajstić information content (AvgIpc) is 3.30. The van der Waals surface area contributed by atoms with Crippen molar-refractivity contribution in [1.29, 1.82) is 0 Å². The largest absolute Gasteiger partial charge is 0.508 e. The number of benzene rings is 1. The fourth-order valence-electron chi connectivity index (χ4n) is 3.65. The number of carbonyl (C=O) groups excluding carboxylic acids is 1. The van der Waals surface area contributed by atoms with Crippen molar-refractivity contribution in [2.45, 2.75) is 50.4 Å². The Morgan fingerprint density at radius 3 is 2.86 bits per heavy atom. The van der Waals surface area contributed by atoms with Gasteiger partial charge in [-0.3, -0.25) is 4.79 Å². The van der Waals surface area contributed by atoms with Crippen LogP contribution in [0.5, 0.6) is 5.75 Å². The normalized spacial score (nSPS) is 26.7. The molecule has 2 fully saturated rings. The van der Waals surface area contributed by atoms with E-state index in [0.29, 0.717) is 0 Å². The molecule has 21 heavy (non-hydrogen) atoms. The van der Waals surface area contributed by atoms with Gasteiger partial charge in [-0.2, -0.15) is 0 Å².